The second-order valence-corrected chi connectivity index (χ2v) is 4.10. The number of aromatic nitrogens is 2. The van der Waals surface area contributed by atoms with Gasteiger partial charge in [-0.1, -0.05) is 17.7 Å². The van der Waals surface area contributed by atoms with Crippen LogP contribution in [-0.2, 0) is 6.54 Å². The number of nitrogens with zero attached hydrogens (tertiary/aromatic N) is 2. The first-order valence-corrected chi connectivity index (χ1v) is 5.75. The lowest BCUT2D eigenvalue weighted by molar-refractivity contribution is 0.402. The predicted octanol–water partition coefficient (Wildman–Crippen LogP) is 2.86. The SMILES string of the molecule is COc1cccc2c1CNc1c(Cl)ncnc1O2. The molecule has 2 heterocycles. The van der Waals surface area contributed by atoms with E-state index in [0.717, 1.165) is 11.3 Å². The number of fused-ring (bicyclic) bond motifs is 2. The van der Waals surface area contributed by atoms with Crippen molar-refractivity contribution in [3.05, 3.63) is 35.2 Å². The van der Waals surface area contributed by atoms with E-state index in [-0.39, 0.29) is 0 Å². The quantitative estimate of drug-likeness (QED) is 0.802. The zero-order valence-corrected chi connectivity index (χ0v) is 10.4. The minimum Gasteiger partial charge on any atom is -0.496 e. The van der Waals surface area contributed by atoms with Crippen molar-refractivity contribution in [1.29, 1.82) is 0 Å². The average molecular weight is 264 g/mol. The molecule has 1 aromatic carbocycles. The third-order valence-corrected chi connectivity index (χ3v) is 3.01. The molecule has 6 heteroatoms. The van der Waals surface area contributed by atoms with Gasteiger partial charge in [0.25, 0.3) is 0 Å². The van der Waals surface area contributed by atoms with Gasteiger partial charge in [0.2, 0.25) is 5.88 Å². The Labute approximate surface area is 109 Å². The molecule has 0 radical (unpaired) electrons. The predicted molar refractivity (Wildman–Crippen MR) is 67.4 cm³/mol. The molecule has 2 aromatic rings. The van der Waals surface area contributed by atoms with E-state index in [0.29, 0.717) is 29.0 Å². The van der Waals surface area contributed by atoms with Crippen molar-refractivity contribution in [2.75, 3.05) is 12.4 Å². The molecule has 1 aromatic heterocycles. The highest BCUT2D eigenvalue weighted by Gasteiger charge is 2.20. The lowest BCUT2D eigenvalue weighted by Gasteiger charge is -2.10. The molecule has 1 aliphatic heterocycles. The molecule has 1 N–H and O–H groups in total. The summed E-state index contributed by atoms with van der Waals surface area (Å²) in [5.41, 5.74) is 1.52. The summed E-state index contributed by atoms with van der Waals surface area (Å²) in [7, 11) is 1.63. The smallest absolute Gasteiger partial charge is 0.247 e. The van der Waals surface area contributed by atoms with Crippen LogP contribution < -0.4 is 14.8 Å². The Morgan fingerprint density at radius 3 is 3.11 bits per heavy atom. The summed E-state index contributed by atoms with van der Waals surface area (Å²) in [5.74, 6) is 1.88. The van der Waals surface area contributed by atoms with Crippen LogP contribution in [0.15, 0.2) is 24.5 Å². The van der Waals surface area contributed by atoms with Gasteiger partial charge in [-0.25, -0.2) is 4.98 Å². The molecule has 18 heavy (non-hydrogen) atoms. The van der Waals surface area contributed by atoms with Crippen LogP contribution in [-0.4, -0.2) is 17.1 Å². The average Bonchev–Trinajstić information content (AvgIpc) is 2.58. The van der Waals surface area contributed by atoms with Crippen molar-refractivity contribution in [1.82, 2.24) is 9.97 Å². The number of benzene rings is 1. The summed E-state index contributed by atoms with van der Waals surface area (Å²) in [4.78, 5) is 7.99. The van der Waals surface area contributed by atoms with Crippen LogP contribution in [0.4, 0.5) is 5.69 Å². The van der Waals surface area contributed by atoms with Crippen LogP contribution in [0.2, 0.25) is 5.15 Å². The fourth-order valence-electron chi connectivity index (χ4n) is 1.86. The van der Waals surface area contributed by atoms with Crippen molar-refractivity contribution in [3.63, 3.8) is 0 Å². The molecule has 0 amide bonds. The molecule has 92 valence electrons. The third-order valence-electron chi connectivity index (χ3n) is 2.72. The van der Waals surface area contributed by atoms with Crippen LogP contribution in [0.25, 0.3) is 0 Å². The summed E-state index contributed by atoms with van der Waals surface area (Å²) in [6.07, 6.45) is 1.37. The highest BCUT2D eigenvalue weighted by molar-refractivity contribution is 6.32. The van der Waals surface area contributed by atoms with Gasteiger partial charge in [0.05, 0.1) is 12.7 Å². The number of hydrogen-bond acceptors (Lipinski definition) is 5. The zero-order valence-electron chi connectivity index (χ0n) is 9.61. The standard InChI is InChI=1S/C12H10ClN3O2/c1-17-8-3-2-4-9-7(8)5-14-10-11(13)15-6-16-12(10)18-9/h2-4,6,14H,5H2,1H3. The van der Waals surface area contributed by atoms with E-state index in [1.54, 1.807) is 7.11 Å². The highest BCUT2D eigenvalue weighted by atomic mass is 35.5. The minimum absolute atomic E-state index is 0.340. The van der Waals surface area contributed by atoms with Crippen LogP contribution in [0, 0.1) is 0 Å². The number of ether oxygens (including phenoxy) is 2. The monoisotopic (exact) mass is 263 g/mol. The van der Waals surface area contributed by atoms with Gasteiger partial charge in [-0.15, -0.1) is 0 Å². The number of rotatable bonds is 1. The molecule has 0 aliphatic carbocycles. The van der Waals surface area contributed by atoms with E-state index in [9.17, 15) is 0 Å². The molecule has 0 atom stereocenters. The van der Waals surface area contributed by atoms with E-state index in [1.807, 2.05) is 18.2 Å². The molecule has 3 rings (SSSR count). The first-order chi connectivity index (χ1) is 8.79. The van der Waals surface area contributed by atoms with Crippen molar-refractivity contribution >= 4 is 17.3 Å². The topological polar surface area (TPSA) is 56.3 Å². The Kier molecular flexibility index (Phi) is 2.68. The number of anilines is 1. The molecule has 0 fully saturated rings. The van der Waals surface area contributed by atoms with Crippen LogP contribution >= 0.6 is 11.6 Å². The second kappa shape index (κ2) is 4.34. The first-order valence-electron chi connectivity index (χ1n) is 5.37. The Hall–Kier alpha value is -2.01. The maximum Gasteiger partial charge on any atom is 0.247 e. The molecule has 5 nitrogen and oxygen atoms in total. The maximum absolute atomic E-state index is 6.01. The molecular formula is C12H10ClN3O2. The number of halogens is 1. The summed E-state index contributed by atoms with van der Waals surface area (Å²) >= 11 is 6.01. The zero-order chi connectivity index (χ0) is 12.5. The largest absolute Gasteiger partial charge is 0.496 e. The lowest BCUT2D eigenvalue weighted by Crippen LogP contribution is -2.01. The van der Waals surface area contributed by atoms with Crippen molar-refractivity contribution in [2.45, 2.75) is 6.54 Å². The second-order valence-electron chi connectivity index (χ2n) is 3.74. The summed E-state index contributed by atoms with van der Waals surface area (Å²) in [6.45, 7) is 0.541. The Morgan fingerprint density at radius 1 is 1.39 bits per heavy atom. The highest BCUT2D eigenvalue weighted by Crippen LogP contribution is 2.39. The Morgan fingerprint density at radius 2 is 2.28 bits per heavy atom. The van der Waals surface area contributed by atoms with Gasteiger partial charge < -0.3 is 14.8 Å². The van der Waals surface area contributed by atoms with Gasteiger partial charge in [-0.05, 0) is 12.1 Å². The van der Waals surface area contributed by atoms with Gasteiger partial charge in [-0.3, -0.25) is 0 Å². The number of hydrogen-bond donors (Lipinski definition) is 1. The number of nitrogens with one attached hydrogen (secondary N) is 1. The van der Waals surface area contributed by atoms with Crippen molar-refractivity contribution < 1.29 is 9.47 Å². The number of methoxy groups -OCH3 is 1. The molecule has 0 saturated carbocycles. The van der Waals surface area contributed by atoms with E-state index >= 15 is 0 Å². The van der Waals surface area contributed by atoms with Crippen molar-refractivity contribution in [3.8, 4) is 17.4 Å². The Bertz CT molecular complexity index is 604. The van der Waals surface area contributed by atoms with Gasteiger partial charge >= 0.3 is 0 Å². The lowest BCUT2D eigenvalue weighted by atomic mass is 10.2. The molecule has 1 aliphatic rings. The van der Waals surface area contributed by atoms with E-state index < -0.39 is 0 Å². The van der Waals surface area contributed by atoms with E-state index in [4.69, 9.17) is 21.1 Å². The summed E-state index contributed by atoms with van der Waals surface area (Å²) in [5, 5.41) is 3.50. The van der Waals surface area contributed by atoms with Crippen LogP contribution in [0.3, 0.4) is 0 Å². The fraction of sp³-hybridized carbons (Fsp3) is 0.167. The van der Waals surface area contributed by atoms with E-state index in [2.05, 4.69) is 15.3 Å². The van der Waals surface area contributed by atoms with Gasteiger partial charge in [0.15, 0.2) is 5.15 Å². The van der Waals surface area contributed by atoms with Gasteiger partial charge in [-0.2, -0.15) is 4.98 Å². The first kappa shape index (κ1) is 11.1. The molecule has 0 unspecified atom stereocenters. The molecule has 0 spiro atoms. The van der Waals surface area contributed by atoms with Crippen LogP contribution in [0.1, 0.15) is 5.56 Å². The Balaban J connectivity index is 2.11. The van der Waals surface area contributed by atoms with Crippen molar-refractivity contribution in [2.24, 2.45) is 0 Å². The minimum atomic E-state index is 0.340. The summed E-state index contributed by atoms with van der Waals surface area (Å²) in [6, 6.07) is 5.61. The normalized spacial score (nSPS) is 12.6. The maximum atomic E-state index is 6.01. The summed E-state index contributed by atoms with van der Waals surface area (Å²) < 4.78 is 11.1. The third kappa shape index (κ3) is 1.73. The van der Waals surface area contributed by atoms with Gasteiger partial charge in [0, 0.05) is 6.54 Å². The van der Waals surface area contributed by atoms with Crippen LogP contribution in [0.5, 0.6) is 17.4 Å². The molecule has 0 bridgehead atoms. The molecule has 0 saturated heterocycles. The molecular weight excluding hydrogens is 254 g/mol. The van der Waals surface area contributed by atoms with E-state index in [1.165, 1.54) is 6.33 Å². The fourth-order valence-corrected chi connectivity index (χ4v) is 2.05. The van der Waals surface area contributed by atoms with Gasteiger partial charge in [0.1, 0.15) is 23.5 Å².